The fourth-order valence-corrected chi connectivity index (χ4v) is 3.63. The van der Waals surface area contributed by atoms with Gasteiger partial charge in [0.1, 0.15) is 0 Å². The van der Waals surface area contributed by atoms with Gasteiger partial charge in [-0.25, -0.2) is 8.42 Å². The van der Waals surface area contributed by atoms with E-state index in [9.17, 15) is 8.42 Å². The lowest BCUT2D eigenvalue weighted by molar-refractivity contribution is 0.431. The van der Waals surface area contributed by atoms with Crippen molar-refractivity contribution >= 4 is 10.0 Å². The van der Waals surface area contributed by atoms with Crippen molar-refractivity contribution in [2.75, 3.05) is 19.6 Å². The summed E-state index contributed by atoms with van der Waals surface area (Å²) in [5, 5.41) is 0. The Bertz CT molecular complexity index is 576. The lowest BCUT2D eigenvalue weighted by Gasteiger charge is -2.24. The average molecular weight is 294 g/mol. The van der Waals surface area contributed by atoms with Crippen molar-refractivity contribution in [2.45, 2.75) is 31.1 Å². The standard InChI is InChI=1S/C15H22N2O2S/c1-13-8-11-17(12-9-13)20(18,19)15-6-4-14(5-7-15)3-2-10-16/h4-8H,2-3,9-12,16H2,1H3. The molecular weight excluding hydrogens is 272 g/mol. The highest BCUT2D eigenvalue weighted by Gasteiger charge is 2.25. The van der Waals surface area contributed by atoms with Crippen molar-refractivity contribution in [3.05, 3.63) is 41.5 Å². The summed E-state index contributed by atoms with van der Waals surface area (Å²) in [5.74, 6) is 0. The molecule has 0 unspecified atom stereocenters. The minimum Gasteiger partial charge on any atom is -0.330 e. The third kappa shape index (κ3) is 3.48. The number of hydrogen-bond acceptors (Lipinski definition) is 3. The first-order valence-electron chi connectivity index (χ1n) is 6.99. The minimum absolute atomic E-state index is 0.377. The van der Waals surface area contributed by atoms with Gasteiger partial charge in [-0.1, -0.05) is 23.8 Å². The smallest absolute Gasteiger partial charge is 0.243 e. The predicted octanol–water partition coefficient (Wildman–Crippen LogP) is 1.92. The molecule has 1 aromatic rings. The molecule has 1 heterocycles. The lowest BCUT2D eigenvalue weighted by atomic mass is 10.1. The van der Waals surface area contributed by atoms with Crippen LogP contribution >= 0.6 is 0 Å². The van der Waals surface area contributed by atoms with E-state index in [1.165, 1.54) is 9.88 Å². The third-order valence-electron chi connectivity index (χ3n) is 3.63. The Morgan fingerprint density at radius 1 is 1.25 bits per heavy atom. The quantitative estimate of drug-likeness (QED) is 0.844. The Hall–Kier alpha value is -1.17. The molecule has 20 heavy (non-hydrogen) atoms. The molecule has 0 atom stereocenters. The molecule has 0 amide bonds. The van der Waals surface area contributed by atoms with E-state index in [4.69, 9.17) is 5.73 Å². The van der Waals surface area contributed by atoms with E-state index >= 15 is 0 Å². The van der Waals surface area contributed by atoms with Crippen LogP contribution in [0.4, 0.5) is 0 Å². The van der Waals surface area contributed by atoms with Crippen LogP contribution in [0.25, 0.3) is 0 Å². The summed E-state index contributed by atoms with van der Waals surface area (Å²) in [4.78, 5) is 0.377. The van der Waals surface area contributed by atoms with Crippen LogP contribution in [0.2, 0.25) is 0 Å². The molecule has 0 bridgehead atoms. The largest absolute Gasteiger partial charge is 0.330 e. The maximum absolute atomic E-state index is 12.5. The van der Waals surface area contributed by atoms with Crippen LogP contribution in [0.5, 0.6) is 0 Å². The van der Waals surface area contributed by atoms with Crippen molar-refractivity contribution in [1.29, 1.82) is 0 Å². The summed E-state index contributed by atoms with van der Waals surface area (Å²) in [6, 6.07) is 7.17. The van der Waals surface area contributed by atoms with E-state index in [1.807, 2.05) is 25.1 Å². The Morgan fingerprint density at radius 3 is 2.50 bits per heavy atom. The van der Waals surface area contributed by atoms with Gasteiger partial charge in [0.2, 0.25) is 10.0 Å². The van der Waals surface area contributed by atoms with Crippen LogP contribution in [0.1, 0.15) is 25.3 Å². The second-order valence-electron chi connectivity index (χ2n) is 5.20. The molecule has 0 aliphatic carbocycles. The van der Waals surface area contributed by atoms with Crippen LogP contribution in [0, 0.1) is 0 Å². The average Bonchev–Trinajstić information content (AvgIpc) is 2.46. The number of aryl methyl sites for hydroxylation is 1. The van der Waals surface area contributed by atoms with Gasteiger partial charge in [0, 0.05) is 13.1 Å². The summed E-state index contributed by atoms with van der Waals surface area (Å²) in [6.07, 6.45) is 4.61. The summed E-state index contributed by atoms with van der Waals surface area (Å²) in [7, 11) is -3.36. The summed E-state index contributed by atoms with van der Waals surface area (Å²) < 4.78 is 26.5. The number of sulfonamides is 1. The van der Waals surface area contributed by atoms with Gasteiger partial charge in [-0.3, -0.25) is 0 Å². The zero-order valence-electron chi connectivity index (χ0n) is 11.9. The highest BCUT2D eigenvalue weighted by Crippen LogP contribution is 2.20. The third-order valence-corrected chi connectivity index (χ3v) is 5.51. The molecule has 1 aliphatic heterocycles. The van der Waals surface area contributed by atoms with Crippen molar-refractivity contribution in [3.63, 3.8) is 0 Å². The number of rotatable bonds is 5. The van der Waals surface area contributed by atoms with Crippen molar-refractivity contribution in [1.82, 2.24) is 4.31 Å². The normalized spacial score (nSPS) is 17.0. The van der Waals surface area contributed by atoms with Crippen LogP contribution < -0.4 is 5.73 Å². The second kappa shape index (κ2) is 6.52. The van der Waals surface area contributed by atoms with Gasteiger partial charge in [-0.05, 0) is 50.4 Å². The fraction of sp³-hybridized carbons (Fsp3) is 0.467. The first-order valence-corrected chi connectivity index (χ1v) is 8.43. The van der Waals surface area contributed by atoms with Gasteiger partial charge < -0.3 is 5.73 Å². The first-order chi connectivity index (χ1) is 9.54. The van der Waals surface area contributed by atoms with Gasteiger partial charge in [0.15, 0.2) is 0 Å². The van der Waals surface area contributed by atoms with Crippen LogP contribution in [0.15, 0.2) is 40.8 Å². The van der Waals surface area contributed by atoms with Gasteiger partial charge in [0.05, 0.1) is 4.90 Å². The predicted molar refractivity (Wildman–Crippen MR) is 81.0 cm³/mol. The zero-order valence-corrected chi connectivity index (χ0v) is 12.7. The molecule has 110 valence electrons. The Morgan fingerprint density at radius 2 is 1.95 bits per heavy atom. The Kier molecular flexibility index (Phi) is 4.96. The highest BCUT2D eigenvalue weighted by molar-refractivity contribution is 7.89. The number of nitrogens with zero attached hydrogens (tertiary/aromatic N) is 1. The van der Waals surface area contributed by atoms with Gasteiger partial charge in [-0.15, -0.1) is 0 Å². The second-order valence-corrected chi connectivity index (χ2v) is 7.14. The molecule has 5 heteroatoms. The van der Waals surface area contributed by atoms with Gasteiger partial charge in [-0.2, -0.15) is 4.31 Å². The maximum Gasteiger partial charge on any atom is 0.243 e. The molecule has 1 aromatic carbocycles. The van der Waals surface area contributed by atoms with E-state index < -0.39 is 10.0 Å². The van der Waals surface area contributed by atoms with E-state index in [-0.39, 0.29) is 0 Å². The molecule has 4 nitrogen and oxygen atoms in total. The van der Waals surface area contributed by atoms with Crippen molar-refractivity contribution in [2.24, 2.45) is 5.73 Å². The van der Waals surface area contributed by atoms with E-state index in [1.54, 1.807) is 12.1 Å². The Balaban J connectivity index is 2.13. The molecule has 0 spiro atoms. The van der Waals surface area contributed by atoms with E-state index in [0.717, 1.165) is 24.8 Å². The molecule has 0 saturated carbocycles. The summed E-state index contributed by atoms with van der Waals surface area (Å²) in [5.41, 5.74) is 7.86. The summed E-state index contributed by atoms with van der Waals surface area (Å²) >= 11 is 0. The fourth-order valence-electron chi connectivity index (χ4n) is 2.25. The number of benzene rings is 1. The molecule has 1 aliphatic rings. The van der Waals surface area contributed by atoms with E-state index in [0.29, 0.717) is 24.5 Å². The van der Waals surface area contributed by atoms with Crippen LogP contribution in [0.3, 0.4) is 0 Å². The monoisotopic (exact) mass is 294 g/mol. The molecule has 0 radical (unpaired) electrons. The molecular formula is C15H22N2O2S. The van der Waals surface area contributed by atoms with Gasteiger partial charge >= 0.3 is 0 Å². The van der Waals surface area contributed by atoms with Crippen LogP contribution in [-0.2, 0) is 16.4 Å². The highest BCUT2D eigenvalue weighted by atomic mass is 32.2. The molecule has 0 fully saturated rings. The van der Waals surface area contributed by atoms with E-state index in [2.05, 4.69) is 0 Å². The molecule has 0 aromatic heterocycles. The number of nitrogens with two attached hydrogens (primary N) is 1. The van der Waals surface area contributed by atoms with Crippen molar-refractivity contribution in [3.8, 4) is 0 Å². The molecule has 0 saturated heterocycles. The first kappa shape index (κ1) is 15.2. The Labute approximate surface area is 121 Å². The molecule has 2 N–H and O–H groups in total. The molecule has 2 rings (SSSR count). The maximum atomic E-state index is 12.5. The van der Waals surface area contributed by atoms with Crippen molar-refractivity contribution < 1.29 is 8.42 Å². The minimum atomic E-state index is -3.36. The SMILES string of the molecule is CC1=CCN(S(=O)(=O)c2ccc(CCCN)cc2)CC1. The summed E-state index contributed by atoms with van der Waals surface area (Å²) in [6.45, 7) is 3.73. The van der Waals surface area contributed by atoms with Crippen LogP contribution in [-0.4, -0.2) is 32.4 Å². The van der Waals surface area contributed by atoms with Gasteiger partial charge in [0.25, 0.3) is 0 Å². The lowest BCUT2D eigenvalue weighted by Crippen LogP contribution is -2.34. The number of hydrogen-bond donors (Lipinski definition) is 1. The zero-order chi connectivity index (χ0) is 14.6. The topological polar surface area (TPSA) is 63.4 Å².